The van der Waals surface area contributed by atoms with Crippen molar-refractivity contribution in [3.63, 3.8) is 0 Å². The number of anilines is 1. The summed E-state index contributed by atoms with van der Waals surface area (Å²) in [5.41, 5.74) is 6.82. The molecule has 1 aromatic carbocycles. The van der Waals surface area contributed by atoms with Gasteiger partial charge in [-0.3, -0.25) is 0 Å². The van der Waals surface area contributed by atoms with Crippen LogP contribution < -0.4 is 5.73 Å². The number of nitrogen functional groups attached to an aromatic ring is 1. The molecule has 0 aliphatic heterocycles. The van der Waals surface area contributed by atoms with E-state index < -0.39 is 5.97 Å². The third-order valence-electron chi connectivity index (χ3n) is 2.30. The van der Waals surface area contributed by atoms with Gasteiger partial charge in [0.05, 0.1) is 12.3 Å². The first-order valence-electron chi connectivity index (χ1n) is 5.41. The predicted molar refractivity (Wildman–Crippen MR) is 71.6 cm³/mol. The first-order chi connectivity index (χ1) is 8.63. The highest BCUT2D eigenvalue weighted by Gasteiger charge is 2.15. The number of benzene rings is 1. The number of hydrogen-bond acceptors (Lipinski definition) is 4. The van der Waals surface area contributed by atoms with Crippen molar-refractivity contribution < 1.29 is 9.53 Å². The van der Waals surface area contributed by atoms with Gasteiger partial charge in [-0.1, -0.05) is 12.1 Å². The number of para-hydroxylation sites is 1. The number of carbonyl (C=O) groups is 1. The van der Waals surface area contributed by atoms with Crippen LogP contribution in [0.2, 0.25) is 0 Å². The average Bonchev–Trinajstić information content (AvgIpc) is 2.72. The summed E-state index contributed by atoms with van der Waals surface area (Å²) in [7, 11) is 0. The molecule has 0 spiro atoms. The molecule has 2 aromatic rings. The molecule has 0 aliphatic carbocycles. The first-order valence-corrected chi connectivity index (χ1v) is 6.20. The zero-order valence-corrected chi connectivity index (χ0v) is 11.3. The quantitative estimate of drug-likeness (QED) is 0.884. The van der Waals surface area contributed by atoms with Gasteiger partial charge in [0.25, 0.3) is 0 Å². The number of carbonyl (C=O) groups excluding carboxylic acids is 1. The molecule has 0 atom stereocenters. The van der Waals surface area contributed by atoms with E-state index in [-0.39, 0.29) is 5.69 Å². The van der Waals surface area contributed by atoms with Crippen LogP contribution in [-0.2, 0) is 4.74 Å². The Morgan fingerprint density at radius 1 is 1.50 bits per heavy atom. The second-order valence-electron chi connectivity index (χ2n) is 3.54. The van der Waals surface area contributed by atoms with Gasteiger partial charge in [0, 0.05) is 10.5 Å². The van der Waals surface area contributed by atoms with Gasteiger partial charge in [-0.2, -0.15) is 5.10 Å². The van der Waals surface area contributed by atoms with E-state index in [1.807, 2.05) is 24.3 Å². The van der Waals surface area contributed by atoms with Crippen LogP contribution in [0.25, 0.3) is 5.69 Å². The molecule has 0 fully saturated rings. The van der Waals surface area contributed by atoms with E-state index in [2.05, 4.69) is 21.0 Å². The van der Waals surface area contributed by atoms with Crippen LogP contribution in [0.1, 0.15) is 17.4 Å². The molecule has 0 aliphatic rings. The summed E-state index contributed by atoms with van der Waals surface area (Å²) in [4.78, 5) is 11.6. The van der Waals surface area contributed by atoms with Crippen LogP contribution in [0.15, 0.2) is 34.8 Å². The van der Waals surface area contributed by atoms with E-state index in [0.717, 1.165) is 10.2 Å². The molecule has 0 radical (unpaired) electrons. The molecule has 2 rings (SSSR count). The lowest BCUT2D eigenvalue weighted by Crippen LogP contribution is -2.07. The maximum absolute atomic E-state index is 11.6. The van der Waals surface area contributed by atoms with Crippen molar-refractivity contribution in [1.29, 1.82) is 0 Å². The lowest BCUT2D eigenvalue weighted by atomic mass is 10.3. The lowest BCUT2D eigenvalue weighted by molar-refractivity contribution is 0.0519. The zero-order valence-electron chi connectivity index (χ0n) is 9.76. The van der Waals surface area contributed by atoms with E-state index >= 15 is 0 Å². The number of esters is 1. The fraction of sp³-hybridized carbons (Fsp3) is 0.167. The third kappa shape index (κ3) is 2.38. The Morgan fingerprint density at radius 2 is 2.22 bits per heavy atom. The minimum Gasteiger partial charge on any atom is -0.461 e. The summed E-state index contributed by atoms with van der Waals surface area (Å²) in [5.74, 6) is -0.0973. The Balaban J connectivity index is 2.42. The summed E-state index contributed by atoms with van der Waals surface area (Å²) in [6, 6.07) is 8.98. The smallest absolute Gasteiger partial charge is 0.358 e. The molecule has 0 bridgehead atoms. The van der Waals surface area contributed by atoms with Gasteiger partial charge < -0.3 is 10.5 Å². The SMILES string of the molecule is CCOC(=O)c1cc(N)n(-c2ccccc2Br)n1. The molecule has 6 heteroatoms. The van der Waals surface area contributed by atoms with E-state index in [0.29, 0.717) is 12.4 Å². The molecular weight excluding hydrogens is 298 g/mol. The van der Waals surface area contributed by atoms with Crippen LogP contribution in [0, 0.1) is 0 Å². The van der Waals surface area contributed by atoms with Crippen molar-refractivity contribution >= 4 is 27.7 Å². The highest BCUT2D eigenvalue weighted by molar-refractivity contribution is 9.10. The highest BCUT2D eigenvalue weighted by atomic mass is 79.9. The minimum atomic E-state index is -0.477. The van der Waals surface area contributed by atoms with Crippen molar-refractivity contribution in [3.8, 4) is 5.69 Å². The molecule has 5 nitrogen and oxygen atoms in total. The van der Waals surface area contributed by atoms with Crippen molar-refractivity contribution in [2.75, 3.05) is 12.3 Å². The summed E-state index contributed by atoms with van der Waals surface area (Å²) in [6.45, 7) is 2.05. The molecule has 0 saturated heterocycles. The maximum Gasteiger partial charge on any atom is 0.358 e. The van der Waals surface area contributed by atoms with E-state index in [1.54, 1.807) is 6.92 Å². The molecule has 0 saturated carbocycles. The molecule has 1 aromatic heterocycles. The second-order valence-corrected chi connectivity index (χ2v) is 4.39. The summed E-state index contributed by atoms with van der Waals surface area (Å²) < 4.78 is 7.22. The minimum absolute atomic E-state index is 0.199. The largest absolute Gasteiger partial charge is 0.461 e. The standard InChI is InChI=1S/C12H12BrN3O2/c1-2-18-12(17)9-7-11(14)16(15-9)10-6-4-3-5-8(10)13/h3-7H,2,14H2,1H3. The fourth-order valence-electron chi connectivity index (χ4n) is 1.52. The first kappa shape index (κ1) is 12.6. The van der Waals surface area contributed by atoms with Gasteiger partial charge in [-0.25, -0.2) is 9.48 Å². The van der Waals surface area contributed by atoms with Crippen LogP contribution >= 0.6 is 15.9 Å². The topological polar surface area (TPSA) is 70.1 Å². The van der Waals surface area contributed by atoms with Gasteiger partial charge in [0.1, 0.15) is 5.82 Å². The zero-order chi connectivity index (χ0) is 13.1. The maximum atomic E-state index is 11.6. The summed E-state index contributed by atoms with van der Waals surface area (Å²) in [5, 5.41) is 4.15. The number of rotatable bonds is 3. The molecule has 18 heavy (non-hydrogen) atoms. The Labute approximate surface area is 113 Å². The molecule has 0 amide bonds. The van der Waals surface area contributed by atoms with Gasteiger partial charge in [0.15, 0.2) is 5.69 Å². The van der Waals surface area contributed by atoms with Crippen LogP contribution in [-0.4, -0.2) is 22.4 Å². The van der Waals surface area contributed by atoms with Gasteiger partial charge in [0.2, 0.25) is 0 Å². The third-order valence-corrected chi connectivity index (χ3v) is 2.97. The van der Waals surface area contributed by atoms with Crippen molar-refractivity contribution in [2.45, 2.75) is 6.92 Å². The van der Waals surface area contributed by atoms with Crippen molar-refractivity contribution in [3.05, 3.63) is 40.5 Å². The fourth-order valence-corrected chi connectivity index (χ4v) is 1.97. The predicted octanol–water partition coefficient (Wildman–Crippen LogP) is 2.39. The number of halogens is 1. The summed E-state index contributed by atoms with van der Waals surface area (Å²) in [6.07, 6.45) is 0. The Hall–Kier alpha value is -1.82. The van der Waals surface area contributed by atoms with Crippen LogP contribution in [0.3, 0.4) is 0 Å². The highest BCUT2D eigenvalue weighted by Crippen LogP contribution is 2.23. The number of hydrogen-bond donors (Lipinski definition) is 1. The van der Waals surface area contributed by atoms with E-state index in [9.17, 15) is 4.79 Å². The molecule has 1 heterocycles. The Morgan fingerprint density at radius 3 is 2.89 bits per heavy atom. The average molecular weight is 310 g/mol. The summed E-state index contributed by atoms with van der Waals surface area (Å²) >= 11 is 3.41. The van der Waals surface area contributed by atoms with Gasteiger partial charge >= 0.3 is 5.97 Å². The van der Waals surface area contributed by atoms with E-state index in [4.69, 9.17) is 10.5 Å². The Bertz CT molecular complexity index is 580. The Kier molecular flexibility index (Phi) is 3.66. The molecule has 0 unspecified atom stereocenters. The van der Waals surface area contributed by atoms with Gasteiger partial charge in [-0.05, 0) is 35.0 Å². The monoisotopic (exact) mass is 309 g/mol. The van der Waals surface area contributed by atoms with Crippen molar-refractivity contribution in [1.82, 2.24) is 9.78 Å². The second kappa shape index (κ2) is 5.22. The molecule has 2 N–H and O–H groups in total. The van der Waals surface area contributed by atoms with E-state index in [1.165, 1.54) is 10.7 Å². The van der Waals surface area contributed by atoms with Crippen LogP contribution in [0.4, 0.5) is 5.82 Å². The number of aromatic nitrogens is 2. The normalized spacial score (nSPS) is 10.3. The van der Waals surface area contributed by atoms with Crippen LogP contribution in [0.5, 0.6) is 0 Å². The molecular formula is C12H12BrN3O2. The number of ether oxygens (including phenoxy) is 1. The number of nitrogens with zero attached hydrogens (tertiary/aromatic N) is 2. The number of nitrogens with two attached hydrogens (primary N) is 1. The van der Waals surface area contributed by atoms with Gasteiger partial charge in [-0.15, -0.1) is 0 Å². The van der Waals surface area contributed by atoms with Crippen molar-refractivity contribution in [2.24, 2.45) is 0 Å². The lowest BCUT2D eigenvalue weighted by Gasteiger charge is -2.05. The molecule has 94 valence electrons.